The van der Waals surface area contributed by atoms with Crippen LogP contribution in [0.15, 0.2) is 24.5 Å². The molecule has 4 heteroatoms. The second-order valence-corrected chi connectivity index (χ2v) is 4.61. The largest absolute Gasteiger partial charge is 0.379 e. The molecule has 1 unspecified atom stereocenters. The molecule has 0 amide bonds. The van der Waals surface area contributed by atoms with Crippen molar-refractivity contribution in [3.8, 4) is 0 Å². The van der Waals surface area contributed by atoms with Crippen molar-refractivity contribution in [2.24, 2.45) is 0 Å². The van der Waals surface area contributed by atoms with E-state index in [1.54, 1.807) is 0 Å². The standard InChI is InChI=1S/C13H21N3O/c1-16(10-12-2-5-14-6-3-12)8-4-13-11-17-9-7-15-13/h2-3,5-6,13,15H,4,7-11H2,1H3. The molecule has 1 atom stereocenters. The predicted molar refractivity (Wildman–Crippen MR) is 67.8 cm³/mol. The lowest BCUT2D eigenvalue weighted by molar-refractivity contribution is 0.0708. The van der Waals surface area contributed by atoms with E-state index in [9.17, 15) is 0 Å². The number of rotatable bonds is 5. The van der Waals surface area contributed by atoms with Crippen LogP contribution in [0.2, 0.25) is 0 Å². The highest BCUT2D eigenvalue weighted by Gasteiger charge is 2.13. The van der Waals surface area contributed by atoms with Gasteiger partial charge in [-0.2, -0.15) is 0 Å². The average Bonchev–Trinajstić information content (AvgIpc) is 2.39. The fraction of sp³-hybridized carbons (Fsp3) is 0.615. The normalized spacial score (nSPS) is 20.7. The SMILES string of the molecule is CN(CCC1COCCN1)Cc1ccncc1. The first-order valence-electron chi connectivity index (χ1n) is 6.23. The Kier molecular flexibility index (Phi) is 4.91. The van der Waals surface area contributed by atoms with E-state index in [1.165, 1.54) is 5.56 Å². The van der Waals surface area contributed by atoms with Gasteiger partial charge >= 0.3 is 0 Å². The average molecular weight is 235 g/mol. The Morgan fingerprint density at radius 1 is 1.47 bits per heavy atom. The molecule has 1 aromatic rings. The van der Waals surface area contributed by atoms with Crippen LogP contribution >= 0.6 is 0 Å². The van der Waals surface area contributed by atoms with Crippen molar-refractivity contribution in [1.29, 1.82) is 0 Å². The second kappa shape index (κ2) is 6.69. The molecule has 17 heavy (non-hydrogen) atoms. The lowest BCUT2D eigenvalue weighted by Crippen LogP contribution is -2.42. The summed E-state index contributed by atoms with van der Waals surface area (Å²) in [6.07, 6.45) is 4.83. The Labute approximate surface area is 103 Å². The molecule has 0 aliphatic carbocycles. The van der Waals surface area contributed by atoms with Crippen LogP contribution in [-0.2, 0) is 11.3 Å². The number of nitrogens with zero attached hydrogens (tertiary/aromatic N) is 2. The quantitative estimate of drug-likeness (QED) is 0.822. The predicted octanol–water partition coefficient (Wildman–Crippen LogP) is 0.892. The van der Waals surface area contributed by atoms with Gasteiger partial charge in [-0.25, -0.2) is 0 Å². The first kappa shape index (κ1) is 12.5. The minimum atomic E-state index is 0.517. The number of nitrogens with one attached hydrogen (secondary N) is 1. The van der Waals surface area contributed by atoms with E-state index >= 15 is 0 Å². The summed E-state index contributed by atoms with van der Waals surface area (Å²) in [4.78, 5) is 6.37. The van der Waals surface area contributed by atoms with Gasteiger partial charge in [0.15, 0.2) is 0 Å². The number of hydrogen-bond acceptors (Lipinski definition) is 4. The van der Waals surface area contributed by atoms with Crippen molar-refractivity contribution in [2.45, 2.75) is 19.0 Å². The van der Waals surface area contributed by atoms with Gasteiger partial charge in [-0.3, -0.25) is 4.98 Å². The molecule has 94 valence electrons. The zero-order valence-electron chi connectivity index (χ0n) is 10.4. The molecule has 1 saturated heterocycles. The number of morpholine rings is 1. The zero-order chi connectivity index (χ0) is 11.9. The fourth-order valence-electron chi connectivity index (χ4n) is 2.06. The highest BCUT2D eigenvalue weighted by molar-refractivity contribution is 5.09. The van der Waals surface area contributed by atoms with Gasteiger partial charge in [0.1, 0.15) is 0 Å². The van der Waals surface area contributed by atoms with Gasteiger partial charge < -0.3 is 15.0 Å². The second-order valence-electron chi connectivity index (χ2n) is 4.61. The number of ether oxygens (including phenoxy) is 1. The topological polar surface area (TPSA) is 37.4 Å². The summed E-state index contributed by atoms with van der Waals surface area (Å²) in [5, 5.41) is 3.48. The van der Waals surface area contributed by atoms with Gasteiger partial charge in [-0.15, -0.1) is 0 Å². The van der Waals surface area contributed by atoms with E-state index in [1.807, 2.05) is 12.4 Å². The van der Waals surface area contributed by atoms with Crippen molar-refractivity contribution in [3.05, 3.63) is 30.1 Å². The van der Waals surface area contributed by atoms with Crippen LogP contribution in [0.3, 0.4) is 0 Å². The van der Waals surface area contributed by atoms with Crippen molar-refractivity contribution in [2.75, 3.05) is 33.4 Å². The molecule has 2 rings (SSSR count). The Morgan fingerprint density at radius 3 is 3.00 bits per heavy atom. The number of aromatic nitrogens is 1. The Bertz CT molecular complexity index is 312. The van der Waals surface area contributed by atoms with Gasteiger partial charge in [0, 0.05) is 31.5 Å². The summed E-state index contributed by atoms with van der Waals surface area (Å²) < 4.78 is 5.44. The van der Waals surface area contributed by atoms with Gasteiger partial charge in [0.25, 0.3) is 0 Å². The van der Waals surface area contributed by atoms with Crippen LogP contribution in [-0.4, -0.2) is 49.3 Å². The van der Waals surface area contributed by atoms with Crippen molar-refractivity contribution in [1.82, 2.24) is 15.2 Å². The molecule has 2 heterocycles. The molecule has 0 aromatic carbocycles. The number of hydrogen-bond donors (Lipinski definition) is 1. The maximum absolute atomic E-state index is 5.44. The van der Waals surface area contributed by atoms with Crippen LogP contribution in [0, 0.1) is 0 Å². The van der Waals surface area contributed by atoms with Crippen molar-refractivity contribution < 1.29 is 4.74 Å². The van der Waals surface area contributed by atoms with Crippen LogP contribution in [0.1, 0.15) is 12.0 Å². The van der Waals surface area contributed by atoms with Gasteiger partial charge in [-0.05, 0) is 37.7 Å². The van der Waals surface area contributed by atoms with Crippen LogP contribution in [0.5, 0.6) is 0 Å². The smallest absolute Gasteiger partial charge is 0.0620 e. The summed E-state index contributed by atoms with van der Waals surface area (Å²) in [5.74, 6) is 0. The molecule has 0 radical (unpaired) electrons. The molecular formula is C13H21N3O. The summed E-state index contributed by atoms with van der Waals surface area (Å²) in [6.45, 7) is 4.75. The number of pyridine rings is 1. The van der Waals surface area contributed by atoms with Crippen LogP contribution in [0.4, 0.5) is 0 Å². The minimum absolute atomic E-state index is 0.517. The highest BCUT2D eigenvalue weighted by Crippen LogP contribution is 2.04. The first-order valence-corrected chi connectivity index (χ1v) is 6.23. The Hall–Kier alpha value is -0.970. The minimum Gasteiger partial charge on any atom is -0.379 e. The van der Waals surface area contributed by atoms with E-state index in [0.717, 1.165) is 39.3 Å². The fourth-order valence-corrected chi connectivity index (χ4v) is 2.06. The van der Waals surface area contributed by atoms with Gasteiger partial charge in [0.05, 0.1) is 13.2 Å². The molecule has 1 aliphatic heterocycles. The van der Waals surface area contributed by atoms with Crippen LogP contribution in [0.25, 0.3) is 0 Å². The van der Waals surface area contributed by atoms with Crippen molar-refractivity contribution in [3.63, 3.8) is 0 Å². The van der Waals surface area contributed by atoms with Gasteiger partial charge in [0.2, 0.25) is 0 Å². The summed E-state index contributed by atoms with van der Waals surface area (Å²) >= 11 is 0. The van der Waals surface area contributed by atoms with E-state index < -0.39 is 0 Å². The van der Waals surface area contributed by atoms with Crippen molar-refractivity contribution >= 4 is 0 Å². The highest BCUT2D eigenvalue weighted by atomic mass is 16.5. The summed E-state index contributed by atoms with van der Waals surface area (Å²) in [7, 11) is 2.16. The molecule has 0 saturated carbocycles. The molecule has 0 bridgehead atoms. The van der Waals surface area contributed by atoms with E-state index in [0.29, 0.717) is 6.04 Å². The molecule has 1 fully saturated rings. The monoisotopic (exact) mass is 235 g/mol. The van der Waals surface area contributed by atoms with E-state index in [-0.39, 0.29) is 0 Å². The maximum Gasteiger partial charge on any atom is 0.0620 e. The Balaban J connectivity index is 1.68. The third-order valence-electron chi connectivity index (χ3n) is 3.06. The lowest BCUT2D eigenvalue weighted by atomic mass is 10.2. The first-order chi connectivity index (χ1) is 8.34. The van der Waals surface area contributed by atoms with Gasteiger partial charge in [-0.1, -0.05) is 0 Å². The van der Waals surface area contributed by atoms with E-state index in [4.69, 9.17) is 4.74 Å². The molecule has 1 aromatic heterocycles. The molecule has 1 aliphatic rings. The van der Waals surface area contributed by atoms with Crippen LogP contribution < -0.4 is 5.32 Å². The third kappa shape index (κ3) is 4.42. The molecule has 4 nitrogen and oxygen atoms in total. The summed E-state index contributed by atoms with van der Waals surface area (Å²) in [6, 6.07) is 4.65. The van der Waals surface area contributed by atoms with E-state index in [2.05, 4.69) is 34.4 Å². The molecule has 1 N–H and O–H groups in total. The zero-order valence-corrected chi connectivity index (χ0v) is 10.4. The lowest BCUT2D eigenvalue weighted by Gasteiger charge is -2.26. The Morgan fingerprint density at radius 2 is 2.29 bits per heavy atom. The summed E-state index contributed by atoms with van der Waals surface area (Å²) in [5.41, 5.74) is 1.32. The third-order valence-corrected chi connectivity index (χ3v) is 3.06. The molecule has 0 spiro atoms. The maximum atomic E-state index is 5.44. The molecular weight excluding hydrogens is 214 g/mol.